The number of hydrogen-bond donors (Lipinski definition) is 0. The molecule has 1 saturated carbocycles. The largest absolute Gasteiger partial charge is 0.459 e. The van der Waals surface area contributed by atoms with Gasteiger partial charge in [0.25, 0.3) is 0 Å². The van der Waals surface area contributed by atoms with Gasteiger partial charge in [-0.2, -0.15) is 0 Å². The lowest BCUT2D eigenvalue weighted by Gasteiger charge is -2.37. The third-order valence-corrected chi connectivity index (χ3v) is 7.52. The zero-order valence-corrected chi connectivity index (χ0v) is 18.9. The minimum Gasteiger partial charge on any atom is -0.459 e. The lowest BCUT2D eigenvalue weighted by atomic mass is 9.85. The van der Waals surface area contributed by atoms with Gasteiger partial charge in [0.1, 0.15) is 6.10 Å². The number of carbonyl (C=O) groups is 3. The Hall–Kier alpha value is -2.38. The minimum absolute atomic E-state index is 0.0974. The number of rotatable bonds is 6. The first kappa shape index (κ1) is 21.5. The van der Waals surface area contributed by atoms with Gasteiger partial charge in [-0.1, -0.05) is 29.8 Å². The molecule has 32 heavy (non-hydrogen) atoms. The van der Waals surface area contributed by atoms with Gasteiger partial charge in [0, 0.05) is 50.4 Å². The van der Waals surface area contributed by atoms with Crippen LogP contribution in [0.2, 0.25) is 5.02 Å². The van der Waals surface area contributed by atoms with Crippen LogP contribution in [-0.4, -0.2) is 73.0 Å². The molecule has 2 aliphatic heterocycles. The van der Waals surface area contributed by atoms with Gasteiger partial charge in [0.15, 0.2) is 0 Å². The van der Waals surface area contributed by atoms with Gasteiger partial charge in [0.2, 0.25) is 11.8 Å². The summed E-state index contributed by atoms with van der Waals surface area (Å²) >= 11 is 6.12. The number of benzene rings is 1. The number of carbonyl (C=O) groups excluding carboxylic acids is 3. The number of halogens is 1. The molecule has 170 valence electrons. The van der Waals surface area contributed by atoms with Crippen molar-refractivity contribution in [2.45, 2.75) is 19.4 Å². The average molecular weight is 458 g/mol. The number of fused-ring (bicyclic) bond motifs is 5. The highest BCUT2D eigenvalue weighted by Gasteiger charge is 2.59. The molecule has 5 unspecified atom stereocenters. The molecule has 2 amide bonds. The number of ether oxygens (including phenoxy) is 1. The number of nitrogens with zero attached hydrogens (tertiary/aromatic N) is 3. The predicted octanol–water partition coefficient (Wildman–Crippen LogP) is 2.20. The van der Waals surface area contributed by atoms with E-state index in [9.17, 15) is 14.4 Å². The quantitative estimate of drug-likeness (QED) is 0.370. The molecule has 2 bridgehead atoms. The number of esters is 1. The summed E-state index contributed by atoms with van der Waals surface area (Å²) in [6.07, 6.45) is 4.56. The van der Waals surface area contributed by atoms with E-state index in [0.717, 1.165) is 38.3 Å². The first-order chi connectivity index (χ1) is 15.4. The molecule has 3 fully saturated rings. The van der Waals surface area contributed by atoms with Gasteiger partial charge in [-0.25, -0.2) is 0 Å². The lowest BCUT2D eigenvalue weighted by molar-refractivity contribution is -0.153. The van der Waals surface area contributed by atoms with Crippen LogP contribution >= 0.6 is 11.6 Å². The summed E-state index contributed by atoms with van der Waals surface area (Å²) in [5, 5.41) is 0.716. The smallest absolute Gasteiger partial charge is 0.303 e. The Morgan fingerprint density at radius 3 is 2.31 bits per heavy atom. The van der Waals surface area contributed by atoms with E-state index >= 15 is 0 Å². The van der Waals surface area contributed by atoms with Crippen LogP contribution in [0.5, 0.6) is 0 Å². The van der Waals surface area contributed by atoms with E-state index in [0.29, 0.717) is 11.6 Å². The first-order valence-corrected chi connectivity index (χ1v) is 11.7. The lowest BCUT2D eigenvalue weighted by Crippen LogP contribution is -2.51. The van der Waals surface area contributed by atoms with Crippen LogP contribution in [-0.2, 0) is 19.1 Å². The van der Waals surface area contributed by atoms with Crippen LogP contribution in [0.1, 0.15) is 13.3 Å². The summed E-state index contributed by atoms with van der Waals surface area (Å²) in [6.45, 7) is 5.26. The fraction of sp³-hybridized carbons (Fsp3) is 0.542. The molecule has 0 N–H and O–H groups in total. The van der Waals surface area contributed by atoms with Crippen molar-refractivity contribution < 1.29 is 19.1 Å². The van der Waals surface area contributed by atoms with Crippen molar-refractivity contribution in [1.29, 1.82) is 0 Å². The van der Waals surface area contributed by atoms with Crippen molar-refractivity contribution >= 4 is 35.1 Å². The SMILES string of the molecule is CC(=O)OC(CN1CCN(c2cccc(Cl)c2)CC1)CN1C(=O)C2C3C=CC(C3)C2C1=O. The van der Waals surface area contributed by atoms with Gasteiger partial charge in [-0.05, 0) is 36.5 Å². The molecular weight excluding hydrogens is 430 g/mol. The second-order valence-corrected chi connectivity index (χ2v) is 9.72. The molecule has 7 nitrogen and oxygen atoms in total. The Morgan fingerprint density at radius 2 is 1.72 bits per heavy atom. The van der Waals surface area contributed by atoms with Crippen molar-refractivity contribution in [3.8, 4) is 0 Å². The molecule has 5 rings (SSSR count). The molecule has 1 aromatic rings. The molecule has 2 aliphatic carbocycles. The molecule has 8 heteroatoms. The molecule has 4 aliphatic rings. The fourth-order valence-electron chi connectivity index (χ4n) is 5.86. The molecule has 0 aromatic heterocycles. The van der Waals surface area contributed by atoms with E-state index in [4.69, 9.17) is 16.3 Å². The summed E-state index contributed by atoms with van der Waals surface area (Å²) in [4.78, 5) is 43.7. The van der Waals surface area contributed by atoms with Crippen LogP contribution in [0.4, 0.5) is 5.69 Å². The Morgan fingerprint density at radius 1 is 1.06 bits per heavy atom. The molecule has 2 heterocycles. The Bertz CT molecular complexity index is 928. The molecule has 2 saturated heterocycles. The maximum absolute atomic E-state index is 13.0. The van der Waals surface area contributed by atoms with E-state index in [1.165, 1.54) is 11.8 Å². The summed E-state index contributed by atoms with van der Waals surface area (Å²) in [5.74, 6) is -0.682. The van der Waals surface area contributed by atoms with E-state index in [1.807, 2.05) is 24.3 Å². The van der Waals surface area contributed by atoms with Crippen molar-refractivity contribution in [3.05, 3.63) is 41.4 Å². The summed E-state index contributed by atoms with van der Waals surface area (Å²) in [6, 6.07) is 7.82. The Kier molecular flexibility index (Phi) is 5.72. The number of likely N-dealkylation sites (tertiary alicyclic amines) is 1. The van der Waals surface area contributed by atoms with Crippen LogP contribution < -0.4 is 4.90 Å². The van der Waals surface area contributed by atoms with Gasteiger partial charge >= 0.3 is 5.97 Å². The zero-order valence-electron chi connectivity index (χ0n) is 18.2. The van der Waals surface area contributed by atoms with Gasteiger partial charge in [-0.3, -0.25) is 24.2 Å². The predicted molar refractivity (Wildman–Crippen MR) is 120 cm³/mol. The van der Waals surface area contributed by atoms with Crippen LogP contribution in [0.15, 0.2) is 36.4 Å². The maximum Gasteiger partial charge on any atom is 0.303 e. The number of allylic oxidation sites excluding steroid dienone is 2. The second kappa shape index (κ2) is 8.52. The topological polar surface area (TPSA) is 70.2 Å². The van der Waals surface area contributed by atoms with Crippen LogP contribution in [0.25, 0.3) is 0 Å². The third kappa shape index (κ3) is 3.92. The average Bonchev–Trinajstić information content (AvgIpc) is 3.44. The van der Waals surface area contributed by atoms with Crippen LogP contribution in [0, 0.1) is 23.7 Å². The standard InChI is InChI=1S/C24H28ClN3O4/c1-15(29)32-20(13-26-7-9-27(10-8-26)19-4-2-3-18(25)12-19)14-28-23(30)21-16-5-6-17(11-16)22(21)24(28)31/h2-6,12,16-17,20-22H,7-11,13-14H2,1H3. The minimum atomic E-state index is -0.525. The molecule has 1 aromatic carbocycles. The van der Waals surface area contributed by atoms with E-state index < -0.39 is 12.1 Å². The molecule has 0 radical (unpaired) electrons. The van der Waals surface area contributed by atoms with Crippen molar-refractivity contribution in [2.24, 2.45) is 23.7 Å². The number of imide groups is 1. The number of anilines is 1. The normalized spacial score (nSPS) is 30.2. The van der Waals surface area contributed by atoms with E-state index in [1.54, 1.807) is 0 Å². The van der Waals surface area contributed by atoms with Gasteiger partial charge < -0.3 is 9.64 Å². The van der Waals surface area contributed by atoms with Gasteiger partial charge in [-0.15, -0.1) is 0 Å². The van der Waals surface area contributed by atoms with E-state index in [-0.39, 0.29) is 42.0 Å². The third-order valence-electron chi connectivity index (χ3n) is 7.29. The van der Waals surface area contributed by atoms with Gasteiger partial charge in [0.05, 0.1) is 18.4 Å². The number of hydrogen-bond acceptors (Lipinski definition) is 6. The number of amides is 2. The summed E-state index contributed by atoms with van der Waals surface area (Å²) in [5.41, 5.74) is 1.09. The molecule has 0 spiro atoms. The summed E-state index contributed by atoms with van der Waals surface area (Å²) in [7, 11) is 0. The van der Waals surface area contributed by atoms with Crippen molar-refractivity contribution in [2.75, 3.05) is 44.2 Å². The number of piperazine rings is 1. The highest BCUT2D eigenvalue weighted by molar-refractivity contribution is 6.30. The summed E-state index contributed by atoms with van der Waals surface area (Å²) < 4.78 is 5.56. The zero-order chi connectivity index (χ0) is 22.4. The molecule has 5 atom stereocenters. The highest BCUT2D eigenvalue weighted by Crippen LogP contribution is 2.52. The monoisotopic (exact) mass is 457 g/mol. The Balaban J connectivity index is 1.21. The fourth-order valence-corrected chi connectivity index (χ4v) is 6.05. The molecular formula is C24H28ClN3O4. The van der Waals surface area contributed by atoms with Crippen molar-refractivity contribution in [3.63, 3.8) is 0 Å². The van der Waals surface area contributed by atoms with Crippen molar-refractivity contribution in [1.82, 2.24) is 9.80 Å². The second-order valence-electron chi connectivity index (χ2n) is 9.29. The van der Waals surface area contributed by atoms with E-state index in [2.05, 4.69) is 22.0 Å². The Labute approximate surface area is 192 Å². The van der Waals surface area contributed by atoms with Crippen LogP contribution in [0.3, 0.4) is 0 Å². The first-order valence-electron chi connectivity index (χ1n) is 11.3. The highest BCUT2D eigenvalue weighted by atomic mass is 35.5. The maximum atomic E-state index is 13.0.